The molecule has 1 rings (SSSR count). The highest BCUT2D eigenvalue weighted by atomic mass is 16.6. The lowest BCUT2D eigenvalue weighted by Crippen LogP contribution is -2.41. The Morgan fingerprint density at radius 1 is 1.62 bits per heavy atom. The lowest BCUT2D eigenvalue weighted by atomic mass is 10.1. The van der Waals surface area contributed by atoms with E-state index in [0.29, 0.717) is 12.5 Å². The zero-order valence-electron chi connectivity index (χ0n) is 7.78. The molecule has 0 aromatic heterocycles. The molecule has 0 bridgehead atoms. The predicted molar refractivity (Wildman–Crippen MR) is 44.8 cm³/mol. The van der Waals surface area contributed by atoms with Gasteiger partial charge in [-0.2, -0.15) is 0 Å². The fourth-order valence-corrected chi connectivity index (χ4v) is 0.729. The van der Waals surface area contributed by atoms with Gasteiger partial charge in [-0.25, -0.2) is 4.79 Å². The van der Waals surface area contributed by atoms with Crippen LogP contribution in [-0.4, -0.2) is 23.0 Å². The number of ether oxygens (including phenoxy) is 1. The fraction of sp³-hybridized carbons (Fsp3) is 0.875. The molecule has 0 atom stereocenters. The second kappa shape index (κ2) is 3.32. The van der Waals surface area contributed by atoms with E-state index in [2.05, 4.69) is 0 Å². The first-order chi connectivity index (χ1) is 5.94. The molecule has 0 aliphatic heterocycles. The van der Waals surface area contributed by atoms with Crippen molar-refractivity contribution in [2.24, 2.45) is 5.92 Å². The summed E-state index contributed by atoms with van der Waals surface area (Å²) in [6.45, 7) is 2.83. The Hall–Kier alpha value is -1.13. The van der Waals surface area contributed by atoms with Gasteiger partial charge in [0.25, 0.3) is 0 Å². The van der Waals surface area contributed by atoms with E-state index in [1.54, 1.807) is 0 Å². The van der Waals surface area contributed by atoms with E-state index in [1.165, 1.54) is 13.8 Å². The summed E-state index contributed by atoms with van der Waals surface area (Å²) >= 11 is 0. The average Bonchev–Trinajstić information content (AvgIpc) is 2.82. The summed E-state index contributed by atoms with van der Waals surface area (Å²) < 4.78 is 4.81. The zero-order valence-corrected chi connectivity index (χ0v) is 7.78. The molecule has 0 aromatic rings. The Morgan fingerprint density at radius 3 is 2.54 bits per heavy atom. The van der Waals surface area contributed by atoms with E-state index in [-0.39, 0.29) is 0 Å². The van der Waals surface area contributed by atoms with Gasteiger partial charge in [0, 0.05) is 18.8 Å². The number of hydrogen-bond acceptors (Lipinski definition) is 4. The highest BCUT2D eigenvalue weighted by Crippen LogP contribution is 2.29. The van der Waals surface area contributed by atoms with Crippen LogP contribution >= 0.6 is 0 Å². The fourth-order valence-electron chi connectivity index (χ4n) is 0.729. The van der Waals surface area contributed by atoms with Crippen molar-refractivity contribution in [2.45, 2.75) is 32.2 Å². The lowest BCUT2D eigenvalue weighted by molar-refractivity contribution is -0.546. The van der Waals surface area contributed by atoms with Crippen molar-refractivity contribution < 1.29 is 14.5 Å². The van der Waals surface area contributed by atoms with Crippen molar-refractivity contribution in [1.82, 2.24) is 0 Å². The van der Waals surface area contributed by atoms with E-state index < -0.39 is 16.4 Å². The molecule has 0 amide bonds. The van der Waals surface area contributed by atoms with Gasteiger partial charge in [0.15, 0.2) is 0 Å². The maximum Gasteiger partial charge on any atom is 0.384 e. The minimum atomic E-state index is -1.62. The molecular formula is C8H13NO4. The molecule has 0 aromatic carbocycles. The molecule has 0 radical (unpaired) electrons. The highest BCUT2D eigenvalue weighted by molar-refractivity contribution is 5.78. The molecule has 1 aliphatic rings. The molecule has 74 valence electrons. The molecule has 1 fully saturated rings. The van der Waals surface area contributed by atoms with E-state index in [4.69, 9.17) is 4.74 Å². The summed E-state index contributed by atoms with van der Waals surface area (Å²) in [6.07, 6.45) is 2.12. The van der Waals surface area contributed by atoms with Crippen LogP contribution in [0.3, 0.4) is 0 Å². The predicted octanol–water partition coefficient (Wildman–Crippen LogP) is 0.995. The summed E-state index contributed by atoms with van der Waals surface area (Å²) in [6, 6.07) is 0. The number of nitro groups is 1. The second-order valence-corrected chi connectivity index (χ2v) is 3.86. The van der Waals surface area contributed by atoms with Crippen molar-refractivity contribution in [3.05, 3.63) is 10.1 Å². The maximum absolute atomic E-state index is 11.2. The summed E-state index contributed by atoms with van der Waals surface area (Å²) in [7, 11) is 0. The van der Waals surface area contributed by atoms with Crippen molar-refractivity contribution in [3.8, 4) is 0 Å². The quantitative estimate of drug-likeness (QED) is 0.374. The molecule has 0 N–H and O–H groups in total. The van der Waals surface area contributed by atoms with Crippen LogP contribution in [0, 0.1) is 16.0 Å². The van der Waals surface area contributed by atoms with Crippen molar-refractivity contribution in [3.63, 3.8) is 0 Å². The second-order valence-electron chi connectivity index (χ2n) is 3.86. The van der Waals surface area contributed by atoms with Gasteiger partial charge in [0.05, 0.1) is 6.61 Å². The van der Waals surface area contributed by atoms with Gasteiger partial charge < -0.3 is 4.74 Å². The SMILES string of the molecule is CC(C)(C(=O)OCC1CC1)[N+](=O)[O-]. The minimum absolute atomic E-state index is 0.329. The first-order valence-corrected chi connectivity index (χ1v) is 4.26. The maximum atomic E-state index is 11.2. The number of nitrogens with zero attached hydrogens (tertiary/aromatic N) is 1. The smallest absolute Gasteiger partial charge is 0.384 e. The number of hydrogen-bond donors (Lipinski definition) is 0. The Labute approximate surface area is 76.2 Å². The van der Waals surface area contributed by atoms with Crippen LogP contribution < -0.4 is 0 Å². The first-order valence-electron chi connectivity index (χ1n) is 4.26. The van der Waals surface area contributed by atoms with Gasteiger partial charge in [0.1, 0.15) is 0 Å². The van der Waals surface area contributed by atoms with Crippen LogP contribution in [-0.2, 0) is 9.53 Å². The molecule has 1 aliphatic carbocycles. The van der Waals surface area contributed by atoms with Gasteiger partial charge in [-0.15, -0.1) is 0 Å². The standard InChI is InChI=1S/C8H13NO4/c1-8(2,9(11)12)7(10)13-5-6-3-4-6/h6H,3-5H2,1-2H3. The average molecular weight is 187 g/mol. The van der Waals surface area contributed by atoms with Crippen LogP contribution in [0.25, 0.3) is 0 Å². The normalized spacial score (nSPS) is 16.8. The van der Waals surface area contributed by atoms with Crippen molar-refractivity contribution in [2.75, 3.05) is 6.61 Å². The molecule has 5 heteroatoms. The van der Waals surface area contributed by atoms with Gasteiger partial charge >= 0.3 is 11.5 Å². The molecule has 13 heavy (non-hydrogen) atoms. The van der Waals surface area contributed by atoms with Crippen LogP contribution in [0.2, 0.25) is 0 Å². The van der Waals surface area contributed by atoms with Crippen LogP contribution in [0.5, 0.6) is 0 Å². The minimum Gasteiger partial charge on any atom is -0.460 e. The van der Waals surface area contributed by atoms with Gasteiger partial charge in [-0.05, 0) is 18.8 Å². The molecule has 0 spiro atoms. The van der Waals surface area contributed by atoms with Crippen LogP contribution in [0.4, 0.5) is 0 Å². The molecule has 1 saturated carbocycles. The van der Waals surface area contributed by atoms with Crippen molar-refractivity contribution >= 4 is 5.97 Å². The van der Waals surface area contributed by atoms with E-state index >= 15 is 0 Å². The third-order valence-corrected chi connectivity index (χ3v) is 2.10. The first kappa shape index (κ1) is 9.95. The Balaban J connectivity index is 2.39. The number of carbonyl (C=O) groups is 1. The van der Waals surface area contributed by atoms with Gasteiger partial charge in [-0.3, -0.25) is 10.1 Å². The van der Waals surface area contributed by atoms with Crippen molar-refractivity contribution in [1.29, 1.82) is 0 Å². The number of rotatable bonds is 4. The van der Waals surface area contributed by atoms with Crippen LogP contribution in [0.1, 0.15) is 26.7 Å². The molecule has 5 nitrogen and oxygen atoms in total. The molecule has 0 unspecified atom stereocenters. The van der Waals surface area contributed by atoms with E-state index in [9.17, 15) is 14.9 Å². The zero-order chi connectivity index (χ0) is 10.1. The molecular weight excluding hydrogens is 174 g/mol. The lowest BCUT2D eigenvalue weighted by Gasteiger charge is -2.13. The Morgan fingerprint density at radius 2 is 2.15 bits per heavy atom. The summed E-state index contributed by atoms with van der Waals surface area (Å²) in [5, 5.41) is 10.4. The van der Waals surface area contributed by atoms with E-state index in [1.807, 2.05) is 0 Å². The van der Waals surface area contributed by atoms with Gasteiger partial charge in [-0.1, -0.05) is 0 Å². The summed E-state index contributed by atoms with van der Waals surface area (Å²) in [5.41, 5.74) is -1.62. The van der Waals surface area contributed by atoms with Crippen LogP contribution in [0.15, 0.2) is 0 Å². The number of carbonyl (C=O) groups excluding carboxylic acids is 1. The monoisotopic (exact) mass is 187 g/mol. The Kier molecular flexibility index (Phi) is 2.54. The third-order valence-electron chi connectivity index (χ3n) is 2.10. The summed E-state index contributed by atoms with van der Waals surface area (Å²) in [4.78, 5) is 21.0. The van der Waals surface area contributed by atoms with E-state index in [0.717, 1.165) is 12.8 Å². The third kappa shape index (κ3) is 2.40. The summed E-state index contributed by atoms with van der Waals surface area (Å²) in [5.74, 6) is -0.309. The largest absolute Gasteiger partial charge is 0.460 e. The molecule has 0 saturated heterocycles. The molecule has 0 heterocycles. The number of esters is 1. The topological polar surface area (TPSA) is 69.4 Å². The Bertz CT molecular complexity index is 232. The van der Waals surface area contributed by atoms with Gasteiger partial charge in [0.2, 0.25) is 0 Å². The highest BCUT2D eigenvalue weighted by Gasteiger charge is 2.42.